The Hall–Kier alpha value is -2.20. The Balaban J connectivity index is 2.11. The van der Waals surface area contributed by atoms with Crippen molar-refractivity contribution in [3.05, 3.63) is 70.0 Å². The molecule has 1 aromatic carbocycles. The quantitative estimate of drug-likeness (QED) is 0.420. The van der Waals surface area contributed by atoms with E-state index in [1.54, 1.807) is 13.0 Å². The minimum atomic E-state index is -3.44. The number of allylic oxidation sites excluding steroid dienone is 3. The van der Waals surface area contributed by atoms with Gasteiger partial charge in [-0.15, -0.1) is 5.73 Å². The molecule has 0 amide bonds. The molecule has 0 radical (unpaired) electrons. The van der Waals surface area contributed by atoms with Gasteiger partial charge < -0.3 is 9.84 Å². The number of nitrogens with one attached hydrogen (secondary N) is 1. The lowest BCUT2D eigenvalue weighted by atomic mass is 9.99. The normalized spacial score (nSPS) is 15.6. The second kappa shape index (κ2) is 10.0. The number of halogens is 2. The molecule has 158 valence electrons. The van der Waals surface area contributed by atoms with E-state index in [2.05, 4.69) is 24.9 Å². The van der Waals surface area contributed by atoms with Crippen LogP contribution in [0.3, 0.4) is 0 Å². The summed E-state index contributed by atoms with van der Waals surface area (Å²) in [6.45, 7) is 9.70. The van der Waals surface area contributed by atoms with Gasteiger partial charge in [0.2, 0.25) is 0 Å². The first kappa shape index (κ1) is 23.1. The van der Waals surface area contributed by atoms with Crippen molar-refractivity contribution in [2.24, 2.45) is 0 Å². The standard InChI is InChI=1S/C24H31F2NO2/c1-6-19-10-8-9-18(14-20(19)7-2)15-27-23(28)24(25,26)21-11-12-22(17(5)13-21)29-16(3)4/h8,10-14,16,23,27-28H,6-7,15H2,1-5H3. The Morgan fingerprint density at radius 1 is 1.17 bits per heavy atom. The van der Waals surface area contributed by atoms with Gasteiger partial charge in [-0.2, -0.15) is 8.78 Å². The summed E-state index contributed by atoms with van der Waals surface area (Å²) in [5.74, 6) is -2.88. The number of alkyl halides is 2. The highest BCUT2D eigenvalue weighted by Crippen LogP contribution is 2.34. The molecule has 0 aromatic heterocycles. The number of aryl methyl sites for hydroxylation is 1. The third-order valence-corrected chi connectivity index (χ3v) is 4.83. The Morgan fingerprint density at radius 3 is 2.45 bits per heavy atom. The molecule has 1 aliphatic rings. The fraction of sp³-hybridized carbons (Fsp3) is 0.458. The van der Waals surface area contributed by atoms with Gasteiger partial charge in [-0.1, -0.05) is 19.9 Å². The zero-order valence-electron chi connectivity index (χ0n) is 17.9. The maximum Gasteiger partial charge on any atom is 0.311 e. The van der Waals surface area contributed by atoms with E-state index in [-0.39, 0.29) is 18.2 Å². The summed E-state index contributed by atoms with van der Waals surface area (Å²) in [6, 6.07) is 4.18. The van der Waals surface area contributed by atoms with Crippen molar-refractivity contribution in [1.82, 2.24) is 5.32 Å². The lowest BCUT2D eigenvalue weighted by Gasteiger charge is -2.25. The van der Waals surface area contributed by atoms with Crippen molar-refractivity contribution >= 4 is 0 Å². The van der Waals surface area contributed by atoms with Gasteiger partial charge in [0, 0.05) is 17.7 Å². The van der Waals surface area contributed by atoms with Crippen LogP contribution < -0.4 is 10.1 Å². The molecule has 2 rings (SSSR count). The van der Waals surface area contributed by atoms with E-state index >= 15 is 0 Å². The van der Waals surface area contributed by atoms with E-state index in [1.165, 1.54) is 23.8 Å². The summed E-state index contributed by atoms with van der Waals surface area (Å²) < 4.78 is 35.2. The highest BCUT2D eigenvalue weighted by Gasteiger charge is 2.40. The predicted molar refractivity (Wildman–Crippen MR) is 113 cm³/mol. The molecule has 5 heteroatoms. The zero-order valence-corrected chi connectivity index (χ0v) is 17.9. The molecule has 0 spiro atoms. The molecule has 0 aliphatic heterocycles. The second-order valence-corrected chi connectivity index (χ2v) is 7.46. The molecule has 2 N–H and O–H groups in total. The van der Waals surface area contributed by atoms with Crippen molar-refractivity contribution < 1.29 is 18.6 Å². The average Bonchev–Trinajstić information content (AvgIpc) is 2.88. The minimum absolute atomic E-state index is 0.0444. The van der Waals surface area contributed by atoms with E-state index in [4.69, 9.17) is 4.74 Å². The second-order valence-electron chi connectivity index (χ2n) is 7.46. The third kappa shape index (κ3) is 5.89. The molecule has 1 atom stereocenters. The maximum absolute atomic E-state index is 14.8. The third-order valence-electron chi connectivity index (χ3n) is 4.83. The van der Waals surface area contributed by atoms with Crippen LogP contribution in [0, 0.1) is 6.92 Å². The van der Waals surface area contributed by atoms with Crippen LogP contribution in [0.2, 0.25) is 0 Å². The molecule has 0 fully saturated rings. The largest absolute Gasteiger partial charge is 0.491 e. The van der Waals surface area contributed by atoms with Crippen LogP contribution in [-0.2, 0) is 5.92 Å². The van der Waals surface area contributed by atoms with Crippen LogP contribution >= 0.6 is 0 Å². The molecular weight excluding hydrogens is 372 g/mol. The SMILES string of the molecule is CCC1=CC=C=C(CNC(O)C(F)(F)c2ccc(OC(C)C)c(C)c2)C=C1CC. The summed E-state index contributed by atoms with van der Waals surface area (Å²) in [5, 5.41) is 12.7. The average molecular weight is 404 g/mol. The number of hydrogen-bond acceptors (Lipinski definition) is 3. The Labute approximate surface area is 172 Å². The first-order chi connectivity index (χ1) is 13.7. The molecule has 1 aromatic rings. The van der Waals surface area contributed by atoms with Crippen LogP contribution in [0.5, 0.6) is 5.75 Å². The predicted octanol–water partition coefficient (Wildman–Crippen LogP) is 5.55. The molecule has 0 saturated carbocycles. The van der Waals surface area contributed by atoms with Gasteiger partial charge in [0.1, 0.15) is 5.75 Å². The van der Waals surface area contributed by atoms with Crippen molar-refractivity contribution in [1.29, 1.82) is 0 Å². The van der Waals surface area contributed by atoms with Crippen molar-refractivity contribution in [2.45, 2.75) is 65.7 Å². The molecule has 0 bridgehead atoms. The molecular formula is C24H31F2NO2. The van der Waals surface area contributed by atoms with Crippen molar-refractivity contribution in [3.63, 3.8) is 0 Å². The van der Waals surface area contributed by atoms with E-state index in [9.17, 15) is 13.9 Å². The van der Waals surface area contributed by atoms with Gasteiger partial charge in [0.25, 0.3) is 0 Å². The lowest BCUT2D eigenvalue weighted by molar-refractivity contribution is -0.128. The summed E-state index contributed by atoms with van der Waals surface area (Å²) in [5.41, 5.74) is 6.54. The van der Waals surface area contributed by atoms with Gasteiger partial charge in [-0.3, -0.25) is 5.32 Å². The van der Waals surface area contributed by atoms with Gasteiger partial charge in [-0.25, -0.2) is 0 Å². The van der Waals surface area contributed by atoms with Crippen LogP contribution in [0.25, 0.3) is 0 Å². The summed E-state index contributed by atoms with van der Waals surface area (Å²) >= 11 is 0. The molecule has 1 aliphatic carbocycles. The van der Waals surface area contributed by atoms with Crippen LogP contribution in [0.4, 0.5) is 8.78 Å². The first-order valence-electron chi connectivity index (χ1n) is 10.1. The molecule has 1 unspecified atom stereocenters. The highest BCUT2D eigenvalue weighted by atomic mass is 19.3. The van der Waals surface area contributed by atoms with Crippen molar-refractivity contribution in [2.75, 3.05) is 6.54 Å². The molecule has 3 nitrogen and oxygen atoms in total. The summed E-state index contributed by atoms with van der Waals surface area (Å²) in [4.78, 5) is 0. The van der Waals surface area contributed by atoms with Crippen LogP contribution in [0.15, 0.2) is 58.9 Å². The van der Waals surface area contributed by atoms with E-state index in [1.807, 2.05) is 26.0 Å². The summed E-state index contributed by atoms with van der Waals surface area (Å²) in [7, 11) is 0. The summed E-state index contributed by atoms with van der Waals surface area (Å²) in [6.07, 6.45) is 5.44. The number of hydrogen-bond donors (Lipinski definition) is 2. The van der Waals surface area contributed by atoms with E-state index in [0.29, 0.717) is 11.3 Å². The van der Waals surface area contributed by atoms with Gasteiger partial charge >= 0.3 is 5.92 Å². The Bertz CT molecular complexity index is 846. The first-order valence-corrected chi connectivity index (χ1v) is 10.1. The fourth-order valence-electron chi connectivity index (χ4n) is 3.21. The highest BCUT2D eigenvalue weighted by molar-refractivity contribution is 5.42. The van der Waals surface area contributed by atoms with E-state index < -0.39 is 12.2 Å². The monoisotopic (exact) mass is 403 g/mol. The number of rotatable bonds is 9. The smallest absolute Gasteiger partial charge is 0.311 e. The van der Waals surface area contributed by atoms with Gasteiger partial charge in [-0.05, 0) is 80.7 Å². The Kier molecular flexibility index (Phi) is 7.97. The zero-order chi connectivity index (χ0) is 21.6. The Morgan fingerprint density at radius 2 is 1.86 bits per heavy atom. The topological polar surface area (TPSA) is 41.5 Å². The maximum atomic E-state index is 14.8. The number of aliphatic hydroxyl groups excluding tert-OH is 1. The molecule has 0 heterocycles. The molecule has 0 saturated heterocycles. The van der Waals surface area contributed by atoms with Crippen molar-refractivity contribution in [3.8, 4) is 5.75 Å². The van der Waals surface area contributed by atoms with Gasteiger partial charge in [0.15, 0.2) is 6.23 Å². The fourth-order valence-corrected chi connectivity index (χ4v) is 3.21. The lowest BCUT2D eigenvalue weighted by Crippen LogP contribution is -2.43. The number of benzene rings is 1. The minimum Gasteiger partial charge on any atom is -0.491 e. The van der Waals surface area contributed by atoms with E-state index in [0.717, 1.165) is 24.0 Å². The molecule has 29 heavy (non-hydrogen) atoms. The van der Waals surface area contributed by atoms with Gasteiger partial charge in [0.05, 0.1) is 6.10 Å². The van der Waals surface area contributed by atoms with Crippen LogP contribution in [0.1, 0.15) is 51.7 Å². The van der Waals surface area contributed by atoms with Crippen LogP contribution in [-0.4, -0.2) is 24.0 Å². The number of ether oxygens (including phenoxy) is 1. The number of aliphatic hydroxyl groups is 1.